The fourth-order valence-electron chi connectivity index (χ4n) is 1.90. The van der Waals surface area contributed by atoms with Crippen LogP contribution in [0, 0.1) is 0 Å². The molecule has 0 radical (unpaired) electrons. The van der Waals surface area contributed by atoms with E-state index >= 15 is 0 Å². The molecule has 0 saturated carbocycles. The van der Waals surface area contributed by atoms with Gasteiger partial charge in [-0.1, -0.05) is 46.3 Å². The van der Waals surface area contributed by atoms with Gasteiger partial charge >= 0.3 is 0 Å². The van der Waals surface area contributed by atoms with Crippen molar-refractivity contribution in [1.82, 2.24) is 5.32 Å². The molecule has 1 fully saturated rings. The minimum atomic E-state index is 0.587. The lowest BCUT2D eigenvalue weighted by Crippen LogP contribution is -2.35. The fraction of sp³-hybridized carbons (Fsp3) is 0.455. The summed E-state index contributed by atoms with van der Waals surface area (Å²) in [5.74, 6) is 0.683. The molecular weight excluding hydrogens is 226 g/mol. The lowest BCUT2D eigenvalue weighted by Gasteiger charge is -2.28. The third-order valence-corrected chi connectivity index (χ3v) is 3.60. The van der Waals surface area contributed by atoms with E-state index < -0.39 is 0 Å². The Bertz CT molecular complexity index is 260. The fourth-order valence-corrected chi connectivity index (χ4v) is 2.69. The van der Waals surface area contributed by atoms with Crippen LogP contribution in [0.1, 0.15) is 17.9 Å². The Morgan fingerprint density at radius 3 is 2.69 bits per heavy atom. The lowest BCUT2D eigenvalue weighted by molar-refractivity contribution is 0.477. The highest BCUT2D eigenvalue weighted by Gasteiger charge is 2.23. The Morgan fingerprint density at radius 2 is 2.00 bits per heavy atom. The highest BCUT2D eigenvalue weighted by molar-refractivity contribution is 9.09. The molecule has 0 bridgehead atoms. The molecule has 0 amide bonds. The molecule has 0 aliphatic carbocycles. The van der Waals surface area contributed by atoms with Gasteiger partial charge < -0.3 is 5.32 Å². The first-order chi connectivity index (χ1) is 6.38. The Morgan fingerprint density at radius 1 is 1.23 bits per heavy atom. The van der Waals surface area contributed by atoms with Crippen LogP contribution < -0.4 is 5.32 Å². The first-order valence-corrected chi connectivity index (χ1v) is 5.69. The van der Waals surface area contributed by atoms with Crippen molar-refractivity contribution in [1.29, 1.82) is 0 Å². The van der Waals surface area contributed by atoms with E-state index in [0.717, 1.165) is 13.1 Å². The van der Waals surface area contributed by atoms with Crippen molar-refractivity contribution in [3.8, 4) is 0 Å². The third kappa shape index (κ3) is 2.12. The number of nitrogens with one attached hydrogen (secondary N) is 1. The van der Waals surface area contributed by atoms with Crippen molar-refractivity contribution >= 4 is 15.9 Å². The summed E-state index contributed by atoms with van der Waals surface area (Å²) in [6.07, 6.45) is 1.24. The number of piperidine rings is 1. The predicted octanol–water partition coefficient (Wildman–Crippen LogP) is 2.53. The van der Waals surface area contributed by atoms with Gasteiger partial charge in [0.15, 0.2) is 0 Å². The minimum absolute atomic E-state index is 0.587. The van der Waals surface area contributed by atoms with Crippen LogP contribution in [-0.2, 0) is 0 Å². The first-order valence-electron chi connectivity index (χ1n) is 4.77. The van der Waals surface area contributed by atoms with E-state index in [0.29, 0.717) is 10.7 Å². The Hall–Kier alpha value is -0.340. The average Bonchev–Trinajstić information content (AvgIpc) is 2.20. The maximum absolute atomic E-state index is 3.73. The van der Waals surface area contributed by atoms with Crippen LogP contribution in [0.15, 0.2) is 30.3 Å². The van der Waals surface area contributed by atoms with E-state index in [1.165, 1.54) is 12.0 Å². The van der Waals surface area contributed by atoms with Gasteiger partial charge in [-0.2, -0.15) is 0 Å². The Balaban J connectivity index is 2.15. The zero-order valence-electron chi connectivity index (χ0n) is 7.54. The van der Waals surface area contributed by atoms with Gasteiger partial charge in [-0.15, -0.1) is 0 Å². The molecule has 1 aromatic rings. The SMILES string of the molecule is BrC1CNCCC1c1ccccc1. The molecule has 13 heavy (non-hydrogen) atoms. The largest absolute Gasteiger partial charge is 0.316 e. The highest BCUT2D eigenvalue weighted by atomic mass is 79.9. The monoisotopic (exact) mass is 239 g/mol. The second kappa shape index (κ2) is 4.25. The zero-order valence-corrected chi connectivity index (χ0v) is 9.13. The van der Waals surface area contributed by atoms with Crippen molar-refractivity contribution < 1.29 is 0 Å². The van der Waals surface area contributed by atoms with Gasteiger partial charge in [0.05, 0.1) is 0 Å². The van der Waals surface area contributed by atoms with E-state index in [2.05, 4.69) is 51.6 Å². The summed E-state index contributed by atoms with van der Waals surface area (Å²) in [6.45, 7) is 2.22. The number of hydrogen-bond donors (Lipinski definition) is 1. The highest BCUT2D eigenvalue weighted by Crippen LogP contribution is 2.29. The molecule has 2 rings (SSSR count). The van der Waals surface area contributed by atoms with Crippen molar-refractivity contribution in [3.63, 3.8) is 0 Å². The lowest BCUT2D eigenvalue weighted by atomic mass is 9.90. The number of halogens is 1. The van der Waals surface area contributed by atoms with Crippen LogP contribution in [0.25, 0.3) is 0 Å². The molecule has 2 heteroatoms. The summed E-state index contributed by atoms with van der Waals surface area (Å²) in [5, 5.41) is 3.39. The molecule has 2 atom stereocenters. The number of benzene rings is 1. The van der Waals surface area contributed by atoms with Gasteiger partial charge in [0, 0.05) is 11.4 Å². The average molecular weight is 240 g/mol. The molecule has 0 aromatic heterocycles. The van der Waals surface area contributed by atoms with E-state index in [1.54, 1.807) is 0 Å². The second-order valence-corrected chi connectivity index (χ2v) is 4.70. The molecule has 1 aliphatic rings. The molecule has 1 N–H and O–H groups in total. The maximum Gasteiger partial charge on any atom is 0.0339 e. The molecule has 1 saturated heterocycles. The van der Waals surface area contributed by atoms with Gasteiger partial charge in [-0.25, -0.2) is 0 Å². The van der Waals surface area contributed by atoms with E-state index in [1.807, 2.05) is 0 Å². The predicted molar refractivity (Wildman–Crippen MR) is 59.4 cm³/mol. The maximum atomic E-state index is 3.73. The second-order valence-electron chi connectivity index (χ2n) is 3.53. The summed E-state index contributed by atoms with van der Waals surface area (Å²) >= 11 is 3.73. The summed E-state index contributed by atoms with van der Waals surface area (Å²) in [7, 11) is 0. The van der Waals surface area contributed by atoms with E-state index in [4.69, 9.17) is 0 Å². The van der Waals surface area contributed by atoms with Gasteiger partial charge in [0.25, 0.3) is 0 Å². The van der Waals surface area contributed by atoms with Crippen molar-refractivity contribution in [3.05, 3.63) is 35.9 Å². The summed E-state index contributed by atoms with van der Waals surface area (Å²) in [6, 6.07) is 10.8. The van der Waals surface area contributed by atoms with Crippen molar-refractivity contribution in [2.45, 2.75) is 17.2 Å². The molecule has 1 aliphatic heterocycles. The Labute approximate surface area is 87.7 Å². The van der Waals surface area contributed by atoms with Gasteiger partial charge in [0.1, 0.15) is 0 Å². The van der Waals surface area contributed by atoms with Crippen LogP contribution in [0.5, 0.6) is 0 Å². The van der Waals surface area contributed by atoms with Crippen molar-refractivity contribution in [2.24, 2.45) is 0 Å². The molecule has 1 aromatic carbocycles. The van der Waals surface area contributed by atoms with Crippen LogP contribution in [0.4, 0.5) is 0 Å². The zero-order chi connectivity index (χ0) is 9.10. The van der Waals surface area contributed by atoms with E-state index in [-0.39, 0.29) is 0 Å². The minimum Gasteiger partial charge on any atom is -0.316 e. The molecule has 2 unspecified atom stereocenters. The van der Waals surface area contributed by atoms with Crippen LogP contribution in [-0.4, -0.2) is 17.9 Å². The Kier molecular flexibility index (Phi) is 3.01. The smallest absolute Gasteiger partial charge is 0.0339 e. The first kappa shape index (κ1) is 9.22. The van der Waals surface area contributed by atoms with Gasteiger partial charge in [0.2, 0.25) is 0 Å². The normalized spacial score (nSPS) is 28.7. The van der Waals surface area contributed by atoms with Crippen LogP contribution in [0.3, 0.4) is 0 Å². The molecule has 1 nitrogen and oxygen atoms in total. The van der Waals surface area contributed by atoms with Gasteiger partial charge in [-0.05, 0) is 24.4 Å². The third-order valence-electron chi connectivity index (χ3n) is 2.64. The van der Waals surface area contributed by atoms with Crippen LogP contribution in [0.2, 0.25) is 0 Å². The summed E-state index contributed by atoms with van der Waals surface area (Å²) < 4.78 is 0. The molecule has 70 valence electrons. The number of rotatable bonds is 1. The summed E-state index contributed by atoms with van der Waals surface area (Å²) in [4.78, 5) is 0.587. The van der Waals surface area contributed by atoms with Crippen molar-refractivity contribution in [2.75, 3.05) is 13.1 Å². The topological polar surface area (TPSA) is 12.0 Å². The quantitative estimate of drug-likeness (QED) is 0.744. The van der Waals surface area contributed by atoms with E-state index in [9.17, 15) is 0 Å². The molecule has 0 spiro atoms. The standard InChI is InChI=1S/C11H14BrN/c12-11-8-13-7-6-10(11)9-4-2-1-3-5-9/h1-5,10-11,13H,6-8H2. The molecular formula is C11H14BrN. The number of hydrogen-bond acceptors (Lipinski definition) is 1. The van der Waals surface area contributed by atoms with Gasteiger partial charge in [-0.3, -0.25) is 0 Å². The number of alkyl halides is 1. The summed E-state index contributed by atoms with van der Waals surface area (Å²) in [5.41, 5.74) is 1.46. The van der Waals surface area contributed by atoms with Crippen LogP contribution >= 0.6 is 15.9 Å². The molecule has 1 heterocycles.